The van der Waals surface area contributed by atoms with E-state index in [1.54, 1.807) is 0 Å². The molecule has 0 aliphatic carbocycles. The zero-order valence-corrected chi connectivity index (χ0v) is 8.24. The predicted molar refractivity (Wildman–Crippen MR) is 50.9 cm³/mol. The Morgan fingerprint density at radius 2 is 2.33 bits per heavy atom. The summed E-state index contributed by atoms with van der Waals surface area (Å²) in [6, 6.07) is 0.276. The van der Waals surface area contributed by atoms with Crippen molar-refractivity contribution in [1.82, 2.24) is 9.97 Å². The summed E-state index contributed by atoms with van der Waals surface area (Å²) in [5.41, 5.74) is 5.45. The predicted octanol–water partition coefficient (Wildman–Crippen LogP) is 1.64. The molecule has 1 aromatic rings. The summed E-state index contributed by atoms with van der Waals surface area (Å²) in [7, 11) is 0. The minimum atomic E-state index is 0.276. The highest BCUT2D eigenvalue weighted by molar-refractivity contribution is 7.73. The van der Waals surface area contributed by atoms with E-state index in [-0.39, 0.29) is 6.01 Å². The van der Waals surface area contributed by atoms with E-state index < -0.39 is 0 Å². The molecule has 66 valence electrons. The Balaban J connectivity index is 2.79. The maximum absolute atomic E-state index is 5.45. The zero-order valence-electron chi connectivity index (χ0n) is 6.61. The number of anilines is 1. The van der Waals surface area contributed by atoms with Crippen LogP contribution < -0.4 is 10.5 Å². The van der Waals surface area contributed by atoms with Crippen LogP contribution >= 0.6 is 23.6 Å². The largest absolute Gasteiger partial charge is 0.463 e. The molecule has 0 unspecified atom stereocenters. The first kappa shape index (κ1) is 9.34. The highest BCUT2D eigenvalue weighted by atomic mass is 32.1. The van der Waals surface area contributed by atoms with Crippen molar-refractivity contribution in [3.05, 3.63) is 3.95 Å². The van der Waals surface area contributed by atoms with E-state index in [0.717, 1.165) is 6.42 Å². The Morgan fingerprint density at radius 1 is 1.58 bits per heavy atom. The first-order valence-corrected chi connectivity index (χ1v) is 4.72. The fraction of sp³-hybridized carbons (Fsp3) is 0.500. The highest BCUT2D eigenvalue weighted by Crippen LogP contribution is 2.11. The first-order valence-electron chi connectivity index (χ1n) is 3.50. The molecular weight excluding hydrogens is 194 g/mol. The van der Waals surface area contributed by atoms with Crippen molar-refractivity contribution in [2.45, 2.75) is 13.3 Å². The Hall–Kier alpha value is -0.750. The van der Waals surface area contributed by atoms with Crippen LogP contribution in [0.3, 0.4) is 0 Å². The van der Waals surface area contributed by atoms with Gasteiger partial charge in [-0.05, 0) is 18.6 Å². The maximum atomic E-state index is 5.45. The van der Waals surface area contributed by atoms with Crippen LogP contribution in [0.2, 0.25) is 0 Å². The molecule has 12 heavy (non-hydrogen) atoms. The number of aromatic nitrogens is 2. The number of ether oxygens (including phenoxy) is 1. The Kier molecular flexibility index (Phi) is 3.36. The van der Waals surface area contributed by atoms with Crippen LogP contribution in [-0.2, 0) is 0 Å². The maximum Gasteiger partial charge on any atom is 0.321 e. The van der Waals surface area contributed by atoms with E-state index in [0.29, 0.717) is 15.7 Å². The molecule has 0 spiro atoms. The van der Waals surface area contributed by atoms with Crippen LogP contribution in [0.4, 0.5) is 5.13 Å². The molecular formula is C6H9N3OS2. The Morgan fingerprint density at radius 3 is 2.92 bits per heavy atom. The summed E-state index contributed by atoms with van der Waals surface area (Å²) in [6.07, 6.45) is 0.911. The summed E-state index contributed by atoms with van der Waals surface area (Å²) in [5.74, 6) is 0. The van der Waals surface area contributed by atoms with Gasteiger partial charge in [-0.1, -0.05) is 18.3 Å². The normalized spacial score (nSPS) is 9.75. The number of nitrogen functional groups attached to an aromatic ring is 1. The second-order valence-electron chi connectivity index (χ2n) is 2.06. The molecule has 0 saturated heterocycles. The first-order chi connectivity index (χ1) is 5.72. The van der Waals surface area contributed by atoms with Gasteiger partial charge in [0.05, 0.1) is 6.61 Å². The fourth-order valence-corrected chi connectivity index (χ4v) is 1.35. The van der Waals surface area contributed by atoms with Crippen molar-refractivity contribution in [2.24, 2.45) is 0 Å². The SMILES string of the molecule is CCCOc1nc(N)sc(=S)n1. The molecule has 0 fully saturated rings. The number of nitrogens with zero attached hydrogens (tertiary/aromatic N) is 2. The van der Waals surface area contributed by atoms with Crippen LogP contribution in [0.5, 0.6) is 6.01 Å². The van der Waals surface area contributed by atoms with Gasteiger partial charge in [0.1, 0.15) is 0 Å². The quantitative estimate of drug-likeness (QED) is 0.757. The Bertz CT molecular complexity index is 312. The molecule has 1 aromatic heterocycles. The van der Waals surface area contributed by atoms with Gasteiger partial charge in [0.25, 0.3) is 0 Å². The van der Waals surface area contributed by atoms with Crippen molar-refractivity contribution in [1.29, 1.82) is 0 Å². The lowest BCUT2D eigenvalue weighted by atomic mass is 10.5. The molecule has 1 rings (SSSR count). The molecule has 0 bridgehead atoms. The fourth-order valence-electron chi connectivity index (χ4n) is 0.590. The van der Waals surface area contributed by atoms with E-state index in [2.05, 4.69) is 9.97 Å². The minimum Gasteiger partial charge on any atom is -0.463 e. The van der Waals surface area contributed by atoms with Crippen molar-refractivity contribution < 1.29 is 4.74 Å². The van der Waals surface area contributed by atoms with Gasteiger partial charge in [0, 0.05) is 0 Å². The van der Waals surface area contributed by atoms with E-state index >= 15 is 0 Å². The average molecular weight is 203 g/mol. The summed E-state index contributed by atoms with van der Waals surface area (Å²) >= 11 is 6.02. The number of hydrogen-bond donors (Lipinski definition) is 1. The summed E-state index contributed by atoms with van der Waals surface area (Å²) in [4.78, 5) is 7.76. The molecule has 4 nitrogen and oxygen atoms in total. The number of hydrogen-bond acceptors (Lipinski definition) is 6. The molecule has 0 aromatic carbocycles. The molecule has 1 heterocycles. The summed E-state index contributed by atoms with van der Waals surface area (Å²) < 4.78 is 5.61. The molecule has 0 atom stereocenters. The number of rotatable bonds is 3. The van der Waals surface area contributed by atoms with Gasteiger partial charge in [0.15, 0.2) is 9.09 Å². The third kappa shape index (κ3) is 2.71. The van der Waals surface area contributed by atoms with Gasteiger partial charge in [0.2, 0.25) is 0 Å². The van der Waals surface area contributed by atoms with Crippen molar-refractivity contribution in [3.8, 4) is 6.01 Å². The van der Waals surface area contributed by atoms with Crippen LogP contribution in [0.15, 0.2) is 0 Å². The Labute approximate surface area is 79.4 Å². The topological polar surface area (TPSA) is 61.0 Å². The standard InChI is InChI=1S/C6H9N3OS2/c1-2-3-10-5-8-4(7)12-6(11)9-5/h2-3H2,1H3,(H2,7,8,9,11). The smallest absolute Gasteiger partial charge is 0.321 e. The third-order valence-electron chi connectivity index (χ3n) is 1.02. The van der Waals surface area contributed by atoms with Gasteiger partial charge in [-0.3, -0.25) is 0 Å². The van der Waals surface area contributed by atoms with Gasteiger partial charge >= 0.3 is 6.01 Å². The van der Waals surface area contributed by atoms with Crippen LogP contribution in [0.25, 0.3) is 0 Å². The van der Waals surface area contributed by atoms with E-state index in [1.807, 2.05) is 6.92 Å². The molecule has 0 aliphatic heterocycles. The second-order valence-corrected chi connectivity index (χ2v) is 3.72. The van der Waals surface area contributed by atoms with Crippen LogP contribution in [0.1, 0.15) is 13.3 Å². The molecule has 0 aliphatic rings. The van der Waals surface area contributed by atoms with Crippen LogP contribution in [-0.4, -0.2) is 16.6 Å². The monoisotopic (exact) mass is 203 g/mol. The van der Waals surface area contributed by atoms with E-state index in [1.165, 1.54) is 11.3 Å². The zero-order chi connectivity index (χ0) is 8.97. The van der Waals surface area contributed by atoms with Crippen LogP contribution in [0, 0.1) is 3.95 Å². The summed E-state index contributed by atoms with van der Waals surface area (Å²) in [5, 5.41) is 0.390. The van der Waals surface area contributed by atoms with Crippen molar-refractivity contribution in [3.63, 3.8) is 0 Å². The summed E-state index contributed by atoms with van der Waals surface area (Å²) in [6.45, 7) is 2.59. The van der Waals surface area contributed by atoms with Crippen molar-refractivity contribution >= 4 is 28.7 Å². The second kappa shape index (κ2) is 4.32. The van der Waals surface area contributed by atoms with Gasteiger partial charge in [-0.15, -0.1) is 0 Å². The molecule has 0 amide bonds. The molecule has 0 radical (unpaired) electrons. The van der Waals surface area contributed by atoms with Gasteiger partial charge in [-0.25, -0.2) is 0 Å². The van der Waals surface area contributed by atoms with E-state index in [4.69, 9.17) is 22.7 Å². The van der Waals surface area contributed by atoms with Gasteiger partial charge < -0.3 is 10.5 Å². The van der Waals surface area contributed by atoms with Crippen molar-refractivity contribution in [2.75, 3.05) is 12.3 Å². The van der Waals surface area contributed by atoms with E-state index in [9.17, 15) is 0 Å². The third-order valence-corrected chi connectivity index (χ3v) is 1.93. The molecule has 2 N–H and O–H groups in total. The number of nitrogens with two attached hydrogens (primary N) is 1. The highest BCUT2D eigenvalue weighted by Gasteiger charge is 1.98. The lowest BCUT2D eigenvalue weighted by molar-refractivity contribution is 0.293. The lowest BCUT2D eigenvalue weighted by Crippen LogP contribution is -2.00. The average Bonchev–Trinajstić information content (AvgIpc) is 1.99. The molecule has 0 saturated carbocycles. The minimum absolute atomic E-state index is 0.276. The van der Waals surface area contributed by atoms with Gasteiger partial charge in [-0.2, -0.15) is 9.97 Å². The lowest BCUT2D eigenvalue weighted by Gasteiger charge is -2.00. The molecule has 6 heteroatoms.